The minimum atomic E-state index is 0.0328. The molecular formula is C22H23N3O3. The van der Waals surface area contributed by atoms with E-state index in [0.29, 0.717) is 30.5 Å². The van der Waals surface area contributed by atoms with Crippen molar-refractivity contribution in [1.82, 2.24) is 15.0 Å². The summed E-state index contributed by atoms with van der Waals surface area (Å²) in [6.45, 7) is 4.69. The van der Waals surface area contributed by atoms with Gasteiger partial charge in [0, 0.05) is 17.8 Å². The van der Waals surface area contributed by atoms with Crippen LogP contribution in [0.25, 0.3) is 0 Å². The highest BCUT2D eigenvalue weighted by molar-refractivity contribution is 5.94. The van der Waals surface area contributed by atoms with Crippen LogP contribution in [0.2, 0.25) is 0 Å². The molecule has 0 atom stereocenters. The topological polar surface area (TPSA) is 68.5 Å². The van der Waals surface area contributed by atoms with E-state index in [2.05, 4.69) is 10.1 Å². The van der Waals surface area contributed by atoms with Crippen molar-refractivity contribution in [2.24, 2.45) is 0 Å². The zero-order valence-electron chi connectivity index (χ0n) is 16.1. The van der Waals surface area contributed by atoms with Gasteiger partial charge >= 0.3 is 0 Å². The number of aromatic nitrogens is 2. The van der Waals surface area contributed by atoms with E-state index in [1.165, 1.54) is 0 Å². The Labute approximate surface area is 164 Å². The molecule has 6 heteroatoms. The van der Waals surface area contributed by atoms with E-state index in [-0.39, 0.29) is 5.91 Å². The summed E-state index contributed by atoms with van der Waals surface area (Å²) in [5, 5.41) is 3.93. The second-order valence-electron chi connectivity index (χ2n) is 7.10. The van der Waals surface area contributed by atoms with Gasteiger partial charge in [0.1, 0.15) is 18.1 Å². The molecule has 6 nitrogen and oxygen atoms in total. The Hall–Kier alpha value is -3.15. The number of ether oxygens (including phenoxy) is 1. The summed E-state index contributed by atoms with van der Waals surface area (Å²) < 4.78 is 11.0. The zero-order valence-corrected chi connectivity index (χ0v) is 16.1. The highest BCUT2D eigenvalue weighted by atomic mass is 16.5. The largest absolute Gasteiger partial charge is 0.489 e. The van der Waals surface area contributed by atoms with Gasteiger partial charge in [-0.1, -0.05) is 11.2 Å². The fourth-order valence-electron chi connectivity index (χ4n) is 3.14. The minimum absolute atomic E-state index is 0.0328. The van der Waals surface area contributed by atoms with Crippen molar-refractivity contribution in [3.8, 4) is 5.75 Å². The highest BCUT2D eigenvalue weighted by Gasteiger charge is 2.33. The molecule has 0 aliphatic heterocycles. The van der Waals surface area contributed by atoms with Gasteiger partial charge in [0.15, 0.2) is 0 Å². The van der Waals surface area contributed by atoms with E-state index in [4.69, 9.17) is 9.26 Å². The normalized spacial score (nSPS) is 13.4. The molecule has 28 heavy (non-hydrogen) atoms. The fraction of sp³-hybridized carbons (Fsp3) is 0.318. The average Bonchev–Trinajstić information content (AvgIpc) is 3.51. The van der Waals surface area contributed by atoms with Crippen molar-refractivity contribution < 1.29 is 14.1 Å². The Balaban J connectivity index is 1.42. The van der Waals surface area contributed by atoms with Gasteiger partial charge < -0.3 is 14.2 Å². The molecule has 1 amide bonds. The van der Waals surface area contributed by atoms with Crippen LogP contribution in [0.3, 0.4) is 0 Å². The summed E-state index contributed by atoms with van der Waals surface area (Å²) >= 11 is 0. The summed E-state index contributed by atoms with van der Waals surface area (Å²) in [6.07, 6.45) is 3.87. The van der Waals surface area contributed by atoms with Gasteiger partial charge in [-0.3, -0.25) is 9.78 Å². The maximum Gasteiger partial charge on any atom is 0.254 e. The summed E-state index contributed by atoms with van der Waals surface area (Å²) in [4.78, 5) is 19.3. The van der Waals surface area contributed by atoms with Crippen LogP contribution in [0.5, 0.6) is 5.75 Å². The molecule has 1 saturated carbocycles. The quantitative estimate of drug-likeness (QED) is 0.621. The number of carbonyl (C=O) groups is 1. The molecule has 4 rings (SSSR count). The molecular weight excluding hydrogens is 354 g/mol. The van der Waals surface area contributed by atoms with Gasteiger partial charge in [0.25, 0.3) is 5.91 Å². The summed E-state index contributed by atoms with van der Waals surface area (Å²) in [5.74, 6) is 1.50. The molecule has 1 aromatic carbocycles. The number of benzene rings is 1. The number of aryl methyl sites for hydroxylation is 2. The zero-order chi connectivity index (χ0) is 19.5. The van der Waals surface area contributed by atoms with Crippen molar-refractivity contribution in [1.29, 1.82) is 0 Å². The highest BCUT2D eigenvalue weighted by Crippen LogP contribution is 2.30. The van der Waals surface area contributed by atoms with E-state index in [0.717, 1.165) is 35.6 Å². The predicted octanol–water partition coefficient (Wildman–Crippen LogP) is 4.07. The Kier molecular flexibility index (Phi) is 5.10. The summed E-state index contributed by atoms with van der Waals surface area (Å²) in [5.41, 5.74) is 3.35. The Bertz CT molecular complexity index is 927. The Morgan fingerprint density at radius 1 is 1.18 bits per heavy atom. The van der Waals surface area contributed by atoms with Crippen molar-refractivity contribution in [2.45, 2.75) is 45.9 Å². The Morgan fingerprint density at radius 2 is 1.96 bits per heavy atom. The lowest BCUT2D eigenvalue weighted by molar-refractivity contribution is 0.0727. The van der Waals surface area contributed by atoms with Gasteiger partial charge in [-0.05, 0) is 63.1 Å². The molecule has 0 N–H and O–H groups in total. The molecule has 2 aromatic heterocycles. The van der Waals surface area contributed by atoms with Crippen LogP contribution in [0.15, 0.2) is 53.2 Å². The first-order valence-corrected chi connectivity index (χ1v) is 9.47. The number of nitrogens with zero attached hydrogens (tertiary/aromatic N) is 3. The number of amides is 1. The van der Waals surface area contributed by atoms with Gasteiger partial charge in [-0.25, -0.2) is 0 Å². The van der Waals surface area contributed by atoms with Crippen molar-refractivity contribution in [3.63, 3.8) is 0 Å². The lowest BCUT2D eigenvalue weighted by atomic mass is 10.1. The van der Waals surface area contributed by atoms with Gasteiger partial charge in [-0.15, -0.1) is 0 Å². The molecule has 1 fully saturated rings. The van der Waals surface area contributed by atoms with Crippen LogP contribution < -0.4 is 4.74 Å². The number of carbonyl (C=O) groups excluding carboxylic acids is 1. The molecule has 0 spiro atoms. The van der Waals surface area contributed by atoms with Gasteiger partial charge in [0.2, 0.25) is 0 Å². The van der Waals surface area contributed by atoms with E-state index < -0.39 is 0 Å². The third-order valence-corrected chi connectivity index (χ3v) is 4.97. The second-order valence-corrected chi connectivity index (χ2v) is 7.10. The SMILES string of the molecule is Cc1noc(C)c1COc1ccc(C(=O)N(Cc2ccccn2)C2CC2)cc1. The monoisotopic (exact) mass is 377 g/mol. The molecule has 0 bridgehead atoms. The van der Waals surface area contributed by atoms with Crippen LogP contribution in [-0.2, 0) is 13.2 Å². The maximum atomic E-state index is 13.0. The molecule has 144 valence electrons. The van der Waals surface area contributed by atoms with E-state index in [1.807, 2.05) is 61.2 Å². The number of pyridine rings is 1. The lowest BCUT2D eigenvalue weighted by Crippen LogP contribution is -2.32. The lowest BCUT2D eigenvalue weighted by Gasteiger charge is -2.22. The number of hydrogen-bond donors (Lipinski definition) is 0. The smallest absolute Gasteiger partial charge is 0.254 e. The summed E-state index contributed by atoms with van der Waals surface area (Å²) in [7, 11) is 0. The number of rotatable bonds is 7. The first kappa shape index (κ1) is 18.2. The predicted molar refractivity (Wildman–Crippen MR) is 104 cm³/mol. The van der Waals surface area contributed by atoms with Gasteiger partial charge in [0.05, 0.1) is 23.5 Å². The van der Waals surface area contributed by atoms with Gasteiger partial charge in [-0.2, -0.15) is 0 Å². The van der Waals surface area contributed by atoms with Crippen molar-refractivity contribution in [2.75, 3.05) is 0 Å². The number of hydrogen-bond acceptors (Lipinski definition) is 5. The van der Waals surface area contributed by atoms with Crippen molar-refractivity contribution in [3.05, 3.63) is 76.9 Å². The molecule has 0 unspecified atom stereocenters. The first-order chi connectivity index (χ1) is 13.6. The van der Waals surface area contributed by atoms with Crippen LogP contribution in [0, 0.1) is 13.8 Å². The van der Waals surface area contributed by atoms with E-state index in [1.54, 1.807) is 6.20 Å². The minimum Gasteiger partial charge on any atom is -0.489 e. The molecule has 0 radical (unpaired) electrons. The van der Waals surface area contributed by atoms with E-state index >= 15 is 0 Å². The van der Waals surface area contributed by atoms with Crippen LogP contribution >= 0.6 is 0 Å². The molecule has 1 aliphatic rings. The Morgan fingerprint density at radius 3 is 2.57 bits per heavy atom. The molecule has 0 saturated heterocycles. The van der Waals surface area contributed by atoms with Crippen LogP contribution in [0.4, 0.5) is 0 Å². The van der Waals surface area contributed by atoms with Crippen molar-refractivity contribution >= 4 is 5.91 Å². The standard InChI is InChI=1S/C22H23N3O3/c1-15-21(16(2)28-24-15)14-27-20-10-6-17(7-11-20)22(26)25(19-8-9-19)13-18-5-3-4-12-23-18/h3-7,10-12,19H,8-9,13-14H2,1-2H3. The van der Waals surface area contributed by atoms with Crippen LogP contribution in [-0.4, -0.2) is 27.0 Å². The molecule has 1 aliphatic carbocycles. The third kappa shape index (κ3) is 4.06. The first-order valence-electron chi connectivity index (χ1n) is 9.47. The summed E-state index contributed by atoms with van der Waals surface area (Å²) in [6, 6.07) is 13.4. The fourth-order valence-corrected chi connectivity index (χ4v) is 3.14. The van der Waals surface area contributed by atoms with Crippen LogP contribution in [0.1, 0.15) is 45.9 Å². The second kappa shape index (κ2) is 7.84. The third-order valence-electron chi connectivity index (χ3n) is 4.97. The molecule has 3 aromatic rings. The molecule has 2 heterocycles. The van der Waals surface area contributed by atoms with E-state index in [9.17, 15) is 4.79 Å². The maximum absolute atomic E-state index is 13.0. The average molecular weight is 377 g/mol.